The zero-order chi connectivity index (χ0) is 26.5. The number of hydrogen-bond donors (Lipinski definition) is 5. The molecule has 9 nitrogen and oxygen atoms in total. The third-order valence-corrected chi connectivity index (χ3v) is 11.3. The second-order valence-corrected chi connectivity index (χ2v) is 13.8. The standard InChI is InChI=1S/C26H45NO8S/c1-15(4-7-22(31)27-10-11-35-36(32,33)34)18-5-6-19-23-20(29)13-16-12-17(28)8-9-25(16,2)24(23)21(30)14-26(18,19)3/h15-21,23-24,28-30H,4-14H2,1-3H3,(H,27,31)(H,32,33,34). The van der Waals surface area contributed by atoms with E-state index in [1.54, 1.807) is 0 Å². The Balaban J connectivity index is 1.39. The van der Waals surface area contributed by atoms with Crippen LogP contribution in [0.2, 0.25) is 0 Å². The summed E-state index contributed by atoms with van der Waals surface area (Å²) in [7, 11) is -4.51. The van der Waals surface area contributed by atoms with Gasteiger partial charge in [0.15, 0.2) is 0 Å². The number of nitrogens with one attached hydrogen (secondary N) is 1. The van der Waals surface area contributed by atoms with E-state index in [0.29, 0.717) is 37.5 Å². The maximum absolute atomic E-state index is 12.3. The molecule has 0 heterocycles. The smallest absolute Gasteiger partial charge is 0.393 e. The molecule has 0 saturated heterocycles. The van der Waals surface area contributed by atoms with Crippen LogP contribution in [0, 0.1) is 46.3 Å². The highest BCUT2D eigenvalue weighted by Gasteiger charge is 2.65. The van der Waals surface area contributed by atoms with Crippen LogP contribution in [0.15, 0.2) is 0 Å². The molecule has 0 aromatic heterocycles. The number of aliphatic hydroxyl groups is 3. The number of carbonyl (C=O) groups excluding carboxylic acids is 1. The minimum absolute atomic E-state index is 0.000160. The molecule has 11 atom stereocenters. The molecule has 10 heteroatoms. The summed E-state index contributed by atoms with van der Waals surface area (Å²) in [6, 6.07) is 0. The van der Waals surface area contributed by atoms with Crippen molar-refractivity contribution < 1.29 is 37.3 Å². The number of aliphatic hydroxyl groups excluding tert-OH is 3. The van der Waals surface area contributed by atoms with Gasteiger partial charge in [-0.05, 0) is 97.7 Å². The van der Waals surface area contributed by atoms with Gasteiger partial charge in [0.25, 0.3) is 0 Å². The molecule has 36 heavy (non-hydrogen) atoms. The summed E-state index contributed by atoms with van der Waals surface area (Å²) in [5.74, 6) is 1.13. The lowest BCUT2D eigenvalue weighted by Gasteiger charge is -2.63. The molecular weight excluding hydrogens is 486 g/mol. The minimum atomic E-state index is -4.51. The van der Waals surface area contributed by atoms with Crippen molar-refractivity contribution in [2.45, 2.75) is 96.9 Å². The summed E-state index contributed by atoms with van der Waals surface area (Å²) in [4.78, 5) is 12.3. The quantitative estimate of drug-likeness (QED) is 0.236. The average Bonchev–Trinajstić information content (AvgIpc) is 3.12. The van der Waals surface area contributed by atoms with Crippen molar-refractivity contribution in [3.8, 4) is 0 Å². The summed E-state index contributed by atoms with van der Waals surface area (Å²) in [6.07, 6.45) is 5.60. The number of carbonyl (C=O) groups is 1. The molecule has 4 saturated carbocycles. The van der Waals surface area contributed by atoms with Gasteiger partial charge in [-0.1, -0.05) is 20.8 Å². The molecule has 4 fully saturated rings. The van der Waals surface area contributed by atoms with Crippen LogP contribution in [-0.2, 0) is 19.4 Å². The number of amides is 1. The molecule has 0 aromatic carbocycles. The monoisotopic (exact) mass is 531 g/mol. The van der Waals surface area contributed by atoms with Crippen LogP contribution >= 0.6 is 0 Å². The molecule has 4 rings (SSSR count). The fraction of sp³-hybridized carbons (Fsp3) is 0.962. The van der Waals surface area contributed by atoms with Crippen LogP contribution in [-0.4, -0.2) is 65.7 Å². The van der Waals surface area contributed by atoms with E-state index in [-0.39, 0.29) is 59.7 Å². The third kappa shape index (κ3) is 5.36. The molecule has 0 aromatic rings. The van der Waals surface area contributed by atoms with Gasteiger partial charge >= 0.3 is 10.4 Å². The first-order chi connectivity index (χ1) is 16.8. The zero-order valence-corrected chi connectivity index (χ0v) is 22.6. The summed E-state index contributed by atoms with van der Waals surface area (Å²) >= 11 is 0. The fourth-order valence-electron chi connectivity index (χ4n) is 9.27. The predicted octanol–water partition coefficient (Wildman–Crippen LogP) is 2.30. The molecule has 0 aliphatic heterocycles. The first-order valence-electron chi connectivity index (χ1n) is 13.7. The lowest BCUT2D eigenvalue weighted by Crippen LogP contribution is -2.63. The highest BCUT2D eigenvalue weighted by molar-refractivity contribution is 7.80. The van der Waals surface area contributed by atoms with Crippen molar-refractivity contribution in [2.75, 3.05) is 13.2 Å². The Bertz CT molecular complexity index is 914. The first-order valence-corrected chi connectivity index (χ1v) is 15.1. The van der Waals surface area contributed by atoms with Gasteiger partial charge in [-0.15, -0.1) is 0 Å². The number of rotatable bonds is 8. The Morgan fingerprint density at radius 3 is 2.50 bits per heavy atom. The molecule has 1 amide bonds. The van der Waals surface area contributed by atoms with Gasteiger partial charge in [0.2, 0.25) is 5.91 Å². The van der Waals surface area contributed by atoms with Crippen LogP contribution in [0.25, 0.3) is 0 Å². The van der Waals surface area contributed by atoms with E-state index in [2.05, 4.69) is 30.3 Å². The summed E-state index contributed by atoms with van der Waals surface area (Å²) < 4.78 is 34.0. The van der Waals surface area contributed by atoms with Crippen molar-refractivity contribution >= 4 is 16.3 Å². The zero-order valence-electron chi connectivity index (χ0n) is 21.8. The van der Waals surface area contributed by atoms with Gasteiger partial charge < -0.3 is 20.6 Å². The van der Waals surface area contributed by atoms with Crippen LogP contribution in [0.5, 0.6) is 0 Å². The van der Waals surface area contributed by atoms with Crippen molar-refractivity contribution in [1.82, 2.24) is 5.32 Å². The number of fused-ring (bicyclic) bond motifs is 5. The highest BCUT2D eigenvalue weighted by atomic mass is 32.3. The van der Waals surface area contributed by atoms with Crippen LogP contribution in [0.1, 0.15) is 78.6 Å². The van der Waals surface area contributed by atoms with Gasteiger partial charge in [-0.2, -0.15) is 8.42 Å². The van der Waals surface area contributed by atoms with E-state index < -0.39 is 22.6 Å². The molecule has 0 radical (unpaired) electrons. The lowest BCUT2D eigenvalue weighted by atomic mass is 9.43. The van der Waals surface area contributed by atoms with Crippen LogP contribution in [0.3, 0.4) is 0 Å². The van der Waals surface area contributed by atoms with Gasteiger partial charge in [0.1, 0.15) is 0 Å². The molecule has 11 unspecified atom stereocenters. The largest absolute Gasteiger partial charge is 0.397 e. The van der Waals surface area contributed by atoms with Gasteiger partial charge in [0.05, 0.1) is 24.9 Å². The molecule has 5 N–H and O–H groups in total. The van der Waals surface area contributed by atoms with Crippen molar-refractivity contribution in [2.24, 2.45) is 46.3 Å². The Labute approximate surface area is 215 Å². The van der Waals surface area contributed by atoms with E-state index in [1.165, 1.54) is 0 Å². The lowest BCUT2D eigenvalue weighted by molar-refractivity contribution is -0.213. The third-order valence-electron chi connectivity index (χ3n) is 10.8. The minimum Gasteiger partial charge on any atom is -0.393 e. The van der Waals surface area contributed by atoms with Gasteiger partial charge in [-0.3, -0.25) is 9.35 Å². The van der Waals surface area contributed by atoms with E-state index in [1.807, 2.05) is 0 Å². The molecular formula is C26H45NO8S. The van der Waals surface area contributed by atoms with Crippen molar-refractivity contribution in [1.29, 1.82) is 0 Å². The Kier molecular flexibility index (Phi) is 8.17. The average molecular weight is 532 g/mol. The van der Waals surface area contributed by atoms with Crippen LogP contribution in [0.4, 0.5) is 0 Å². The second-order valence-electron chi connectivity index (χ2n) is 12.7. The van der Waals surface area contributed by atoms with E-state index in [4.69, 9.17) is 4.55 Å². The molecule has 4 aliphatic carbocycles. The summed E-state index contributed by atoms with van der Waals surface area (Å²) in [5, 5.41) is 35.8. The van der Waals surface area contributed by atoms with Gasteiger partial charge in [0, 0.05) is 13.0 Å². The SMILES string of the molecule is CC(CCC(=O)NCCOS(=O)(=O)O)C1CCC2C3C(O)CC4CC(O)CCC4(C)C3C(O)CC12C. The molecule has 0 bridgehead atoms. The Hall–Kier alpha value is -0.780. The fourth-order valence-corrected chi connectivity index (χ4v) is 9.56. The molecule has 0 spiro atoms. The summed E-state index contributed by atoms with van der Waals surface area (Å²) in [5.41, 5.74) is -0.150. The van der Waals surface area contributed by atoms with Crippen LogP contribution < -0.4 is 5.32 Å². The number of hydrogen-bond acceptors (Lipinski definition) is 7. The summed E-state index contributed by atoms with van der Waals surface area (Å²) in [6.45, 7) is 6.42. The maximum atomic E-state index is 12.3. The van der Waals surface area contributed by atoms with Crippen molar-refractivity contribution in [3.63, 3.8) is 0 Å². The van der Waals surface area contributed by atoms with Gasteiger partial charge in [-0.25, -0.2) is 4.18 Å². The van der Waals surface area contributed by atoms with E-state index in [9.17, 15) is 28.5 Å². The highest BCUT2D eigenvalue weighted by Crippen LogP contribution is 2.68. The Morgan fingerprint density at radius 1 is 1.08 bits per heavy atom. The Morgan fingerprint density at radius 2 is 1.81 bits per heavy atom. The van der Waals surface area contributed by atoms with E-state index >= 15 is 0 Å². The topological polar surface area (TPSA) is 153 Å². The van der Waals surface area contributed by atoms with E-state index in [0.717, 1.165) is 32.1 Å². The first kappa shape index (κ1) is 28.2. The predicted molar refractivity (Wildman–Crippen MR) is 133 cm³/mol. The molecule has 4 aliphatic rings. The molecule has 208 valence electrons. The normalized spacial score (nSPS) is 45.3. The maximum Gasteiger partial charge on any atom is 0.397 e. The van der Waals surface area contributed by atoms with Crippen molar-refractivity contribution in [3.05, 3.63) is 0 Å². The second kappa shape index (κ2) is 10.4.